The van der Waals surface area contributed by atoms with Crippen LogP contribution in [0.25, 0.3) is 0 Å². The molecule has 10 heteroatoms. The van der Waals surface area contributed by atoms with Gasteiger partial charge in [-0.3, -0.25) is 13.9 Å². The molecule has 0 aliphatic carbocycles. The Bertz CT molecular complexity index is 1410. The fourth-order valence-corrected chi connectivity index (χ4v) is 5.53. The Kier molecular flexibility index (Phi) is 10.2. The van der Waals surface area contributed by atoms with Crippen molar-refractivity contribution in [3.8, 4) is 0 Å². The predicted molar refractivity (Wildman–Crippen MR) is 160 cm³/mol. The zero-order valence-corrected chi connectivity index (χ0v) is 25.6. The second-order valence-electron chi connectivity index (χ2n) is 10.3. The third kappa shape index (κ3) is 9.37. The number of rotatable bonds is 10. The highest BCUT2D eigenvalue weighted by molar-refractivity contribution is 9.10. The highest BCUT2D eigenvalue weighted by atomic mass is 79.9. The Morgan fingerprint density at radius 3 is 2.18 bits per heavy atom. The summed E-state index contributed by atoms with van der Waals surface area (Å²) in [4.78, 5) is 29.2. The van der Waals surface area contributed by atoms with E-state index in [1.165, 1.54) is 4.90 Å². The number of halogens is 2. The molecule has 1 N–H and O–H groups in total. The molecule has 0 fully saturated rings. The summed E-state index contributed by atoms with van der Waals surface area (Å²) in [6.07, 6.45) is 1.29. The van der Waals surface area contributed by atoms with E-state index in [2.05, 4.69) is 21.2 Å². The van der Waals surface area contributed by atoms with E-state index in [0.717, 1.165) is 16.1 Å². The first kappa shape index (κ1) is 30.7. The summed E-state index contributed by atoms with van der Waals surface area (Å²) < 4.78 is 27.4. The zero-order chi connectivity index (χ0) is 28.8. The summed E-state index contributed by atoms with van der Waals surface area (Å²) in [7, 11) is -3.83. The SMILES string of the molecule is CC(C)(C)NC(=O)[C@H](Cc1ccccc1)N(Cc1cccc(Cl)c1)C(=O)CN(c1cccc(Br)c1)S(C)(=O)=O. The average Bonchev–Trinajstić information content (AvgIpc) is 2.83. The van der Waals surface area contributed by atoms with Crippen molar-refractivity contribution in [2.75, 3.05) is 17.1 Å². The summed E-state index contributed by atoms with van der Waals surface area (Å²) in [5.41, 5.74) is 1.36. The lowest BCUT2D eigenvalue weighted by Gasteiger charge is -2.35. The molecule has 0 unspecified atom stereocenters. The van der Waals surface area contributed by atoms with Crippen LogP contribution in [0.4, 0.5) is 5.69 Å². The molecule has 0 aliphatic heterocycles. The van der Waals surface area contributed by atoms with Gasteiger partial charge in [-0.1, -0.05) is 76.1 Å². The Hall–Kier alpha value is -2.88. The van der Waals surface area contributed by atoms with Gasteiger partial charge in [-0.05, 0) is 62.2 Å². The lowest BCUT2D eigenvalue weighted by atomic mass is 10.0. The van der Waals surface area contributed by atoms with Gasteiger partial charge in [0, 0.05) is 28.0 Å². The fraction of sp³-hybridized carbons (Fsp3) is 0.310. The van der Waals surface area contributed by atoms with Gasteiger partial charge in [0.05, 0.1) is 11.9 Å². The lowest BCUT2D eigenvalue weighted by Crippen LogP contribution is -2.56. The van der Waals surface area contributed by atoms with Crippen LogP contribution in [0.3, 0.4) is 0 Å². The highest BCUT2D eigenvalue weighted by Gasteiger charge is 2.34. The molecule has 7 nitrogen and oxygen atoms in total. The molecule has 0 bridgehead atoms. The van der Waals surface area contributed by atoms with Gasteiger partial charge < -0.3 is 10.2 Å². The van der Waals surface area contributed by atoms with Crippen LogP contribution in [0, 0.1) is 0 Å². The largest absolute Gasteiger partial charge is 0.350 e. The maximum absolute atomic E-state index is 14.0. The van der Waals surface area contributed by atoms with Crippen LogP contribution in [0.1, 0.15) is 31.9 Å². The zero-order valence-electron chi connectivity index (χ0n) is 22.4. The molecule has 3 rings (SSSR count). The number of anilines is 1. The standard InChI is InChI=1S/C29H33BrClN3O4S/c1-29(2,3)32-28(36)26(17-21-10-6-5-7-11-21)33(19-22-12-8-14-24(31)16-22)27(35)20-34(39(4,37)38)25-15-9-13-23(30)18-25/h5-16,18,26H,17,19-20H2,1-4H3,(H,32,36)/t26-/m0/s1. The number of hydrogen-bond donors (Lipinski definition) is 1. The number of sulfonamides is 1. The topological polar surface area (TPSA) is 86.8 Å². The molecule has 1 atom stereocenters. The van der Waals surface area contributed by atoms with Gasteiger partial charge in [0.15, 0.2) is 0 Å². The minimum atomic E-state index is -3.83. The number of nitrogens with one attached hydrogen (secondary N) is 1. The molecule has 208 valence electrons. The van der Waals surface area contributed by atoms with E-state index in [-0.39, 0.29) is 18.9 Å². The lowest BCUT2D eigenvalue weighted by molar-refractivity contribution is -0.140. The van der Waals surface area contributed by atoms with Crippen LogP contribution in [0.2, 0.25) is 5.02 Å². The molecular formula is C29H33BrClN3O4S. The van der Waals surface area contributed by atoms with Crippen molar-refractivity contribution in [3.05, 3.63) is 99.5 Å². The second kappa shape index (κ2) is 13.0. The molecule has 0 saturated heterocycles. The summed E-state index contributed by atoms with van der Waals surface area (Å²) >= 11 is 9.60. The van der Waals surface area contributed by atoms with Crippen molar-refractivity contribution in [2.24, 2.45) is 0 Å². The fourth-order valence-electron chi connectivity index (χ4n) is 4.08. The smallest absolute Gasteiger partial charge is 0.244 e. The second-order valence-corrected chi connectivity index (χ2v) is 13.6. The molecular weight excluding hydrogens is 602 g/mol. The Morgan fingerprint density at radius 2 is 1.59 bits per heavy atom. The Morgan fingerprint density at radius 1 is 0.949 bits per heavy atom. The summed E-state index contributed by atoms with van der Waals surface area (Å²) in [6.45, 7) is 5.18. The van der Waals surface area contributed by atoms with Crippen molar-refractivity contribution in [3.63, 3.8) is 0 Å². The van der Waals surface area contributed by atoms with Crippen molar-refractivity contribution >= 4 is 55.1 Å². The number of amides is 2. The van der Waals surface area contributed by atoms with Crippen LogP contribution >= 0.6 is 27.5 Å². The van der Waals surface area contributed by atoms with Crippen molar-refractivity contribution in [1.82, 2.24) is 10.2 Å². The van der Waals surface area contributed by atoms with Crippen molar-refractivity contribution < 1.29 is 18.0 Å². The molecule has 0 aromatic heterocycles. The number of benzene rings is 3. The molecule has 3 aromatic rings. The van der Waals surface area contributed by atoms with Gasteiger partial charge in [0.25, 0.3) is 0 Å². The molecule has 0 radical (unpaired) electrons. The quantitative estimate of drug-likeness (QED) is 0.323. The van der Waals surface area contributed by atoms with E-state index in [1.807, 2.05) is 57.2 Å². The van der Waals surface area contributed by atoms with E-state index in [0.29, 0.717) is 20.7 Å². The molecule has 39 heavy (non-hydrogen) atoms. The summed E-state index contributed by atoms with van der Waals surface area (Å²) in [6, 6.07) is 22.2. The number of carbonyl (C=O) groups is 2. The first-order valence-corrected chi connectivity index (χ1v) is 15.4. The van der Waals surface area contributed by atoms with E-state index in [1.54, 1.807) is 42.5 Å². The summed E-state index contributed by atoms with van der Waals surface area (Å²) in [5, 5.41) is 3.49. The molecule has 0 saturated carbocycles. The molecule has 2 amide bonds. The number of carbonyl (C=O) groups excluding carboxylic acids is 2. The molecule has 0 aliphatic rings. The average molecular weight is 635 g/mol. The van der Waals surface area contributed by atoms with Crippen LogP contribution in [-0.4, -0.2) is 49.5 Å². The summed E-state index contributed by atoms with van der Waals surface area (Å²) in [5.74, 6) is -0.861. The van der Waals surface area contributed by atoms with E-state index in [4.69, 9.17) is 11.6 Å². The van der Waals surface area contributed by atoms with Gasteiger partial charge in [0.1, 0.15) is 12.6 Å². The molecule has 0 heterocycles. The van der Waals surface area contributed by atoms with Gasteiger partial charge in [-0.2, -0.15) is 0 Å². The minimum absolute atomic E-state index is 0.0601. The number of nitrogens with zero attached hydrogens (tertiary/aromatic N) is 2. The third-order valence-corrected chi connectivity index (χ3v) is 7.66. The van der Waals surface area contributed by atoms with Gasteiger partial charge in [-0.15, -0.1) is 0 Å². The first-order chi connectivity index (χ1) is 18.2. The molecule has 0 spiro atoms. The van der Waals surface area contributed by atoms with Crippen LogP contribution in [-0.2, 0) is 32.6 Å². The van der Waals surface area contributed by atoms with Crippen LogP contribution < -0.4 is 9.62 Å². The maximum atomic E-state index is 14.0. The third-order valence-electron chi connectivity index (χ3n) is 5.79. The first-order valence-electron chi connectivity index (χ1n) is 12.4. The van der Waals surface area contributed by atoms with Crippen molar-refractivity contribution in [1.29, 1.82) is 0 Å². The monoisotopic (exact) mass is 633 g/mol. The van der Waals surface area contributed by atoms with Crippen LogP contribution in [0.5, 0.6) is 0 Å². The van der Waals surface area contributed by atoms with Gasteiger partial charge >= 0.3 is 0 Å². The van der Waals surface area contributed by atoms with E-state index in [9.17, 15) is 18.0 Å². The predicted octanol–water partition coefficient (Wildman–Crippen LogP) is 5.42. The van der Waals surface area contributed by atoms with Gasteiger partial charge in [-0.25, -0.2) is 8.42 Å². The number of hydrogen-bond acceptors (Lipinski definition) is 4. The van der Waals surface area contributed by atoms with Crippen molar-refractivity contribution in [2.45, 2.75) is 45.3 Å². The maximum Gasteiger partial charge on any atom is 0.244 e. The Balaban J connectivity index is 2.08. The van der Waals surface area contributed by atoms with Gasteiger partial charge in [0.2, 0.25) is 21.8 Å². The van der Waals surface area contributed by atoms with E-state index >= 15 is 0 Å². The van der Waals surface area contributed by atoms with Crippen LogP contribution in [0.15, 0.2) is 83.3 Å². The highest BCUT2D eigenvalue weighted by Crippen LogP contribution is 2.24. The Labute approximate surface area is 244 Å². The molecule has 3 aromatic carbocycles. The van der Waals surface area contributed by atoms with E-state index < -0.39 is 34.1 Å². The normalized spacial score (nSPS) is 12.5. The minimum Gasteiger partial charge on any atom is -0.350 e.